The highest BCUT2D eigenvalue weighted by molar-refractivity contribution is 6.04. The zero-order valence-electron chi connectivity index (χ0n) is 15.9. The van der Waals surface area contributed by atoms with E-state index < -0.39 is 0 Å². The quantitative estimate of drug-likeness (QED) is 0.529. The molecule has 0 fully saturated rings. The molecule has 9 nitrogen and oxygen atoms in total. The minimum Gasteiger partial charge on any atom is -0.373 e. The maximum Gasteiger partial charge on any atom is 0.257 e. The van der Waals surface area contributed by atoms with Gasteiger partial charge >= 0.3 is 0 Å². The van der Waals surface area contributed by atoms with Crippen LogP contribution in [0.25, 0.3) is 11.3 Å². The third-order valence-corrected chi connectivity index (χ3v) is 4.50. The molecule has 1 aromatic carbocycles. The Morgan fingerprint density at radius 3 is 2.69 bits per heavy atom. The number of nitrogens with one attached hydrogen (secondary N) is 4. The Bertz CT molecular complexity index is 1100. The van der Waals surface area contributed by atoms with Crippen LogP contribution in [0.5, 0.6) is 0 Å². The smallest absolute Gasteiger partial charge is 0.257 e. The van der Waals surface area contributed by atoms with Crippen LogP contribution in [0.1, 0.15) is 15.9 Å². The lowest BCUT2D eigenvalue weighted by Gasteiger charge is -2.11. The van der Waals surface area contributed by atoms with Crippen LogP contribution in [0.4, 0.5) is 23.3 Å². The molecule has 29 heavy (non-hydrogen) atoms. The minimum absolute atomic E-state index is 0.120. The van der Waals surface area contributed by atoms with Crippen LogP contribution < -0.4 is 21.3 Å². The summed E-state index contributed by atoms with van der Waals surface area (Å²) in [5, 5.41) is 11.4. The van der Waals surface area contributed by atoms with E-state index >= 15 is 0 Å². The number of anilines is 4. The number of hydrogen-bond donors (Lipinski definition) is 4. The number of fused-ring (bicyclic) bond motifs is 1. The fraction of sp³-hybridized carbons (Fsp3) is 0.150. The van der Waals surface area contributed by atoms with Crippen LogP contribution in [-0.4, -0.2) is 40.9 Å². The van der Waals surface area contributed by atoms with E-state index in [0.717, 1.165) is 11.1 Å². The molecule has 146 valence electrons. The van der Waals surface area contributed by atoms with Crippen molar-refractivity contribution in [2.24, 2.45) is 0 Å². The van der Waals surface area contributed by atoms with Crippen LogP contribution in [-0.2, 0) is 11.2 Å². The largest absolute Gasteiger partial charge is 0.373 e. The first kappa shape index (κ1) is 18.4. The molecule has 0 atom stereocenters. The van der Waals surface area contributed by atoms with Gasteiger partial charge in [-0.25, -0.2) is 9.97 Å². The number of carbonyl (C=O) groups excluding carboxylic acids is 2. The first-order chi connectivity index (χ1) is 14.1. The van der Waals surface area contributed by atoms with Gasteiger partial charge in [0.2, 0.25) is 11.9 Å². The van der Waals surface area contributed by atoms with Crippen LogP contribution in [0, 0.1) is 0 Å². The van der Waals surface area contributed by atoms with Crippen LogP contribution in [0.15, 0.2) is 42.6 Å². The molecule has 2 aromatic heterocycles. The highest BCUT2D eigenvalue weighted by atomic mass is 16.2. The van der Waals surface area contributed by atoms with Gasteiger partial charge in [0.1, 0.15) is 11.6 Å². The lowest BCUT2D eigenvalue weighted by Crippen LogP contribution is -2.12. The fourth-order valence-electron chi connectivity index (χ4n) is 3.07. The van der Waals surface area contributed by atoms with Crippen molar-refractivity contribution in [1.29, 1.82) is 0 Å². The van der Waals surface area contributed by atoms with Crippen molar-refractivity contribution in [3.63, 3.8) is 0 Å². The monoisotopic (exact) mass is 389 g/mol. The molecule has 4 N–H and O–H groups in total. The van der Waals surface area contributed by atoms with Crippen molar-refractivity contribution in [3.8, 4) is 11.3 Å². The van der Waals surface area contributed by atoms with Crippen molar-refractivity contribution in [3.05, 3.63) is 53.7 Å². The van der Waals surface area contributed by atoms with Gasteiger partial charge in [0.15, 0.2) is 0 Å². The molecule has 0 bridgehead atoms. The summed E-state index contributed by atoms with van der Waals surface area (Å²) in [5.41, 5.74) is 3.22. The lowest BCUT2D eigenvalue weighted by molar-refractivity contribution is -0.115. The zero-order valence-corrected chi connectivity index (χ0v) is 15.9. The van der Waals surface area contributed by atoms with Crippen LogP contribution >= 0.6 is 0 Å². The van der Waals surface area contributed by atoms with Gasteiger partial charge in [0, 0.05) is 37.1 Å². The second-order valence-corrected chi connectivity index (χ2v) is 6.41. The Morgan fingerprint density at radius 2 is 1.97 bits per heavy atom. The highest BCUT2D eigenvalue weighted by Gasteiger charge is 2.25. The standard InChI is InChI=1S/C20H19N7O2/c1-21-15-7-6-12(10-23-15)19(29)24-13-5-3-4-11(8-13)17-14-9-16(28)25-18(14)27-20(22-2)26-17/h3-8,10H,9H2,1-2H3,(H,21,23)(H,24,29)(H2,22,25,26,27,28). The van der Waals surface area contributed by atoms with E-state index in [1.807, 2.05) is 18.2 Å². The summed E-state index contributed by atoms with van der Waals surface area (Å²) in [6, 6.07) is 10.7. The maximum absolute atomic E-state index is 12.5. The summed E-state index contributed by atoms with van der Waals surface area (Å²) < 4.78 is 0. The number of pyridine rings is 1. The third kappa shape index (κ3) is 3.70. The first-order valence-electron chi connectivity index (χ1n) is 9.01. The summed E-state index contributed by atoms with van der Waals surface area (Å²) in [7, 11) is 3.48. The highest BCUT2D eigenvalue weighted by Crippen LogP contribution is 2.32. The molecule has 0 saturated carbocycles. The van der Waals surface area contributed by atoms with Crippen molar-refractivity contribution in [2.75, 3.05) is 35.4 Å². The van der Waals surface area contributed by atoms with E-state index in [1.54, 1.807) is 32.3 Å². The first-order valence-corrected chi connectivity index (χ1v) is 9.01. The van der Waals surface area contributed by atoms with Gasteiger partial charge < -0.3 is 21.3 Å². The van der Waals surface area contributed by atoms with E-state index in [-0.39, 0.29) is 18.2 Å². The molecule has 1 aliphatic heterocycles. The van der Waals surface area contributed by atoms with Crippen molar-refractivity contribution < 1.29 is 9.59 Å². The molecule has 4 rings (SSSR count). The topological polar surface area (TPSA) is 121 Å². The van der Waals surface area contributed by atoms with E-state index in [9.17, 15) is 9.59 Å². The van der Waals surface area contributed by atoms with E-state index in [0.29, 0.717) is 34.5 Å². The van der Waals surface area contributed by atoms with Gasteiger partial charge in [-0.05, 0) is 24.3 Å². The number of benzene rings is 1. The van der Waals surface area contributed by atoms with Gasteiger partial charge in [-0.1, -0.05) is 12.1 Å². The van der Waals surface area contributed by atoms with Gasteiger partial charge in [-0.15, -0.1) is 0 Å². The minimum atomic E-state index is -0.266. The molecule has 0 spiro atoms. The summed E-state index contributed by atoms with van der Waals surface area (Å²) in [6.45, 7) is 0. The second-order valence-electron chi connectivity index (χ2n) is 6.41. The molecule has 3 aromatic rings. The van der Waals surface area contributed by atoms with Crippen molar-refractivity contribution in [2.45, 2.75) is 6.42 Å². The number of carbonyl (C=O) groups is 2. The molecule has 9 heteroatoms. The molecule has 0 radical (unpaired) electrons. The second kappa shape index (κ2) is 7.55. The average molecular weight is 389 g/mol. The van der Waals surface area contributed by atoms with E-state index in [1.165, 1.54) is 6.20 Å². The fourth-order valence-corrected chi connectivity index (χ4v) is 3.07. The number of aromatic nitrogens is 3. The summed E-state index contributed by atoms with van der Waals surface area (Å²) in [5.74, 6) is 1.22. The Morgan fingerprint density at radius 1 is 1.10 bits per heavy atom. The molecule has 0 saturated heterocycles. The lowest BCUT2D eigenvalue weighted by atomic mass is 10.0. The zero-order chi connectivity index (χ0) is 20.4. The summed E-state index contributed by atoms with van der Waals surface area (Å²) in [6.07, 6.45) is 1.73. The van der Waals surface area contributed by atoms with Crippen LogP contribution in [0.2, 0.25) is 0 Å². The third-order valence-electron chi connectivity index (χ3n) is 4.50. The van der Waals surface area contributed by atoms with Crippen molar-refractivity contribution in [1.82, 2.24) is 15.0 Å². The van der Waals surface area contributed by atoms with Crippen LogP contribution in [0.3, 0.4) is 0 Å². The number of hydrogen-bond acceptors (Lipinski definition) is 7. The van der Waals surface area contributed by atoms with E-state index in [4.69, 9.17) is 0 Å². The average Bonchev–Trinajstić information content (AvgIpc) is 3.13. The predicted molar refractivity (Wildman–Crippen MR) is 111 cm³/mol. The number of amides is 2. The van der Waals surface area contributed by atoms with Gasteiger partial charge in [0.25, 0.3) is 5.91 Å². The maximum atomic E-state index is 12.5. The predicted octanol–water partition coefficient (Wildman–Crippen LogP) is 2.37. The normalized spacial score (nSPS) is 12.1. The Hall–Kier alpha value is -4.01. The molecule has 0 aliphatic carbocycles. The summed E-state index contributed by atoms with van der Waals surface area (Å²) in [4.78, 5) is 37.3. The molecule has 1 aliphatic rings. The molecule has 2 amide bonds. The number of rotatable bonds is 5. The van der Waals surface area contributed by atoms with Gasteiger partial charge in [-0.3, -0.25) is 9.59 Å². The van der Waals surface area contributed by atoms with Gasteiger partial charge in [0.05, 0.1) is 17.7 Å². The summed E-state index contributed by atoms with van der Waals surface area (Å²) >= 11 is 0. The SMILES string of the molecule is CNc1ccc(C(=O)Nc2cccc(-c3nc(NC)nc4c3CC(=O)N4)c2)cn1. The molecular formula is C20H19N7O2. The van der Waals surface area contributed by atoms with Crippen molar-refractivity contribution >= 4 is 35.1 Å². The Balaban J connectivity index is 1.63. The Labute approximate surface area is 167 Å². The van der Waals surface area contributed by atoms with E-state index in [2.05, 4.69) is 36.2 Å². The number of nitrogens with zero attached hydrogens (tertiary/aromatic N) is 3. The van der Waals surface area contributed by atoms with Gasteiger partial charge in [-0.2, -0.15) is 4.98 Å². The molecule has 3 heterocycles. The Kier molecular flexibility index (Phi) is 4.78. The molecular weight excluding hydrogens is 370 g/mol. The molecule has 0 unspecified atom stereocenters.